The standard InChI is InChI=1S/C12H16ClFN2.ClH/c1-16(10-4-5-15-7-10)8-9-2-3-11(13)12(14)6-9;/h2-3,6,10,15H,4-5,7-8H2,1H3;1H. The van der Waals surface area contributed by atoms with Crippen molar-refractivity contribution in [2.24, 2.45) is 0 Å². The van der Waals surface area contributed by atoms with E-state index < -0.39 is 0 Å². The molecule has 1 aromatic rings. The molecule has 1 fully saturated rings. The summed E-state index contributed by atoms with van der Waals surface area (Å²) in [5, 5.41) is 3.51. The zero-order valence-corrected chi connectivity index (χ0v) is 11.3. The summed E-state index contributed by atoms with van der Waals surface area (Å²) in [7, 11) is 2.07. The highest BCUT2D eigenvalue weighted by Gasteiger charge is 2.19. The summed E-state index contributed by atoms with van der Waals surface area (Å²) < 4.78 is 13.2. The highest BCUT2D eigenvalue weighted by molar-refractivity contribution is 6.30. The first kappa shape index (κ1) is 14.7. The van der Waals surface area contributed by atoms with E-state index in [0.717, 1.165) is 31.6 Å². The molecule has 5 heteroatoms. The predicted molar refractivity (Wildman–Crippen MR) is 71.4 cm³/mol. The van der Waals surface area contributed by atoms with Crippen molar-refractivity contribution in [1.29, 1.82) is 0 Å². The Labute approximate surface area is 113 Å². The van der Waals surface area contributed by atoms with Gasteiger partial charge in [0.2, 0.25) is 0 Å². The van der Waals surface area contributed by atoms with Gasteiger partial charge in [-0.15, -0.1) is 12.4 Å². The van der Waals surface area contributed by atoms with Gasteiger partial charge >= 0.3 is 0 Å². The molecule has 1 aliphatic rings. The molecule has 1 heterocycles. The maximum Gasteiger partial charge on any atom is 0.142 e. The topological polar surface area (TPSA) is 15.3 Å². The number of likely N-dealkylation sites (N-methyl/N-ethyl adjacent to an activating group) is 1. The predicted octanol–water partition coefficient (Wildman–Crippen LogP) is 2.69. The zero-order valence-electron chi connectivity index (χ0n) is 9.75. The average Bonchev–Trinajstić information content (AvgIpc) is 2.77. The van der Waals surface area contributed by atoms with Gasteiger partial charge in [0.1, 0.15) is 5.82 Å². The highest BCUT2D eigenvalue weighted by Crippen LogP contribution is 2.17. The zero-order chi connectivity index (χ0) is 11.5. The van der Waals surface area contributed by atoms with E-state index >= 15 is 0 Å². The molecule has 2 rings (SSSR count). The third-order valence-corrected chi connectivity index (χ3v) is 3.38. The number of hydrogen-bond donors (Lipinski definition) is 1. The molecule has 1 N–H and O–H groups in total. The number of halogens is 3. The molecule has 1 saturated heterocycles. The van der Waals surface area contributed by atoms with Crippen LogP contribution in [-0.2, 0) is 6.54 Å². The van der Waals surface area contributed by atoms with Crippen LogP contribution in [0, 0.1) is 5.82 Å². The molecule has 0 spiro atoms. The van der Waals surface area contributed by atoms with Crippen LogP contribution in [0.25, 0.3) is 0 Å². The molecule has 0 aliphatic carbocycles. The third kappa shape index (κ3) is 3.81. The maximum atomic E-state index is 13.2. The lowest BCUT2D eigenvalue weighted by atomic mass is 10.1. The van der Waals surface area contributed by atoms with Gasteiger partial charge in [-0.2, -0.15) is 0 Å². The Morgan fingerprint density at radius 1 is 1.53 bits per heavy atom. The van der Waals surface area contributed by atoms with Gasteiger partial charge in [-0.3, -0.25) is 4.90 Å². The van der Waals surface area contributed by atoms with Crippen molar-refractivity contribution in [2.75, 3.05) is 20.1 Å². The lowest BCUT2D eigenvalue weighted by Gasteiger charge is -2.23. The molecule has 96 valence electrons. The third-order valence-electron chi connectivity index (χ3n) is 3.07. The second-order valence-corrected chi connectivity index (χ2v) is 4.72. The Hall–Kier alpha value is -0.350. The number of nitrogens with zero attached hydrogens (tertiary/aromatic N) is 1. The largest absolute Gasteiger partial charge is 0.315 e. The lowest BCUT2D eigenvalue weighted by molar-refractivity contribution is 0.248. The van der Waals surface area contributed by atoms with Crippen molar-refractivity contribution in [3.8, 4) is 0 Å². The van der Waals surface area contributed by atoms with Crippen LogP contribution in [-0.4, -0.2) is 31.1 Å². The van der Waals surface area contributed by atoms with Gasteiger partial charge in [-0.25, -0.2) is 4.39 Å². The Bertz CT molecular complexity index is 368. The first-order valence-corrected chi connectivity index (χ1v) is 5.89. The van der Waals surface area contributed by atoms with Crippen molar-refractivity contribution >= 4 is 24.0 Å². The average molecular weight is 279 g/mol. The van der Waals surface area contributed by atoms with Crippen LogP contribution in [0.4, 0.5) is 4.39 Å². The van der Waals surface area contributed by atoms with Crippen molar-refractivity contribution in [3.63, 3.8) is 0 Å². The van der Waals surface area contributed by atoms with Crippen molar-refractivity contribution in [3.05, 3.63) is 34.6 Å². The van der Waals surface area contributed by atoms with E-state index in [9.17, 15) is 4.39 Å². The molecule has 0 saturated carbocycles. The lowest BCUT2D eigenvalue weighted by Crippen LogP contribution is -2.32. The fraction of sp³-hybridized carbons (Fsp3) is 0.500. The fourth-order valence-corrected chi connectivity index (χ4v) is 2.19. The molecular weight excluding hydrogens is 262 g/mol. The van der Waals surface area contributed by atoms with E-state index in [2.05, 4.69) is 17.3 Å². The summed E-state index contributed by atoms with van der Waals surface area (Å²) >= 11 is 5.65. The Morgan fingerprint density at radius 3 is 2.88 bits per heavy atom. The second-order valence-electron chi connectivity index (χ2n) is 4.31. The highest BCUT2D eigenvalue weighted by atomic mass is 35.5. The minimum Gasteiger partial charge on any atom is -0.315 e. The number of nitrogens with one attached hydrogen (secondary N) is 1. The van der Waals surface area contributed by atoms with E-state index in [1.54, 1.807) is 6.07 Å². The molecule has 0 bridgehead atoms. The fourth-order valence-electron chi connectivity index (χ4n) is 2.07. The number of hydrogen-bond acceptors (Lipinski definition) is 2. The van der Waals surface area contributed by atoms with Gasteiger partial charge in [0, 0.05) is 19.1 Å². The molecule has 0 aromatic heterocycles. The summed E-state index contributed by atoms with van der Waals surface area (Å²) in [6.07, 6.45) is 1.16. The molecular formula is C12H17Cl2FN2. The van der Waals surface area contributed by atoms with E-state index in [4.69, 9.17) is 11.6 Å². The van der Waals surface area contributed by atoms with E-state index in [-0.39, 0.29) is 23.2 Å². The van der Waals surface area contributed by atoms with Crippen molar-refractivity contribution < 1.29 is 4.39 Å². The first-order valence-electron chi connectivity index (χ1n) is 5.51. The molecule has 17 heavy (non-hydrogen) atoms. The molecule has 0 amide bonds. The van der Waals surface area contributed by atoms with Crippen LogP contribution >= 0.6 is 24.0 Å². The summed E-state index contributed by atoms with van der Waals surface area (Å²) in [5.74, 6) is -0.336. The summed E-state index contributed by atoms with van der Waals surface area (Å²) in [5.41, 5.74) is 0.969. The Kier molecular flexibility index (Phi) is 5.67. The van der Waals surface area contributed by atoms with Gasteiger partial charge in [-0.1, -0.05) is 17.7 Å². The molecule has 0 radical (unpaired) electrons. The molecule has 1 unspecified atom stereocenters. The molecule has 1 aliphatic heterocycles. The summed E-state index contributed by atoms with van der Waals surface area (Å²) in [4.78, 5) is 2.25. The van der Waals surface area contributed by atoms with Crippen LogP contribution < -0.4 is 5.32 Å². The SMILES string of the molecule is CN(Cc1ccc(Cl)c(F)c1)C1CCNC1.Cl. The Balaban J connectivity index is 0.00000144. The molecule has 1 atom stereocenters. The van der Waals surface area contributed by atoms with Gasteiger partial charge in [0.25, 0.3) is 0 Å². The van der Waals surface area contributed by atoms with Crippen molar-refractivity contribution in [2.45, 2.75) is 19.0 Å². The second kappa shape index (κ2) is 6.55. The summed E-state index contributed by atoms with van der Waals surface area (Å²) in [6, 6.07) is 5.57. The van der Waals surface area contributed by atoms with Crippen molar-refractivity contribution in [1.82, 2.24) is 10.2 Å². The maximum absolute atomic E-state index is 13.2. The van der Waals surface area contributed by atoms with Gasteiger partial charge in [0.05, 0.1) is 5.02 Å². The van der Waals surface area contributed by atoms with Gasteiger partial charge < -0.3 is 5.32 Å². The van der Waals surface area contributed by atoms with Gasteiger partial charge in [-0.05, 0) is 37.7 Å². The first-order chi connectivity index (χ1) is 7.66. The van der Waals surface area contributed by atoms with Crippen LogP contribution in [0.5, 0.6) is 0 Å². The number of benzene rings is 1. The smallest absolute Gasteiger partial charge is 0.142 e. The monoisotopic (exact) mass is 278 g/mol. The minimum absolute atomic E-state index is 0. The molecule has 2 nitrogen and oxygen atoms in total. The quantitative estimate of drug-likeness (QED) is 0.915. The van der Waals surface area contributed by atoms with Crippen LogP contribution in [0.3, 0.4) is 0 Å². The van der Waals surface area contributed by atoms with Gasteiger partial charge in [0.15, 0.2) is 0 Å². The summed E-state index contributed by atoms with van der Waals surface area (Å²) in [6.45, 7) is 2.86. The molecule has 1 aromatic carbocycles. The van der Waals surface area contributed by atoms with E-state index in [1.165, 1.54) is 6.07 Å². The van der Waals surface area contributed by atoms with Crippen LogP contribution in [0.1, 0.15) is 12.0 Å². The van der Waals surface area contributed by atoms with Crippen LogP contribution in [0.15, 0.2) is 18.2 Å². The van der Waals surface area contributed by atoms with E-state index in [1.807, 2.05) is 6.07 Å². The van der Waals surface area contributed by atoms with Crippen LogP contribution in [0.2, 0.25) is 5.02 Å². The number of rotatable bonds is 3. The minimum atomic E-state index is -0.336. The van der Waals surface area contributed by atoms with E-state index in [0.29, 0.717) is 6.04 Å². The Morgan fingerprint density at radius 2 is 2.29 bits per heavy atom. The normalized spacial score (nSPS) is 19.4.